The van der Waals surface area contributed by atoms with Gasteiger partial charge in [0.25, 0.3) is 0 Å². The van der Waals surface area contributed by atoms with E-state index in [4.69, 9.17) is 10.1 Å². The number of amidine groups is 1. The summed E-state index contributed by atoms with van der Waals surface area (Å²) in [6, 6.07) is 0. The van der Waals surface area contributed by atoms with Gasteiger partial charge in [-0.05, 0) is 19.8 Å². The van der Waals surface area contributed by atoms with Crippen molar-refractivity contribution in [1.29, 1.82) is 5.41 Å². The van der Waals surface area contributed by atoms with Crippen LogP contribution in [0.3, 0.4) is 0 Å². The van der Waals surface area contributed by atoms with Crippen molar-refractivity contribution in [3.63, 3.8) is 0 Å². The molecule has 0 radical (unpaired) electrons. The fourth-order valence-electron chi connectivity index (χ4n) is 1.23. The first kappa shape index (κ1) is 8.53. The summed E-state index contributed by atoms with van der Waals surface area (Å²) in [5, 5.41) is 7.33. The number of hydrogen-bond acceptors (Lipinski definition) is 2. The summed E-state index contributed by atoms with van der Waals surface area (Å²) >= 11 is 0. The van der Waals surface area contributed by atoms with E-state index in [1.54, 1.807) is 6.92 Å². The lowest BCUT2D eigenvalue weighted by molar-refractivity contribution is 0.0956. The third-order valence-corrected chi connectivity index (χ3v) is 2.07. The molecular formula is C8H16N2O. The number of nitrogens with zero attached hydrogens (tertiary/aromatic N) is 1. The quantitative estimate of drug-likeness (QED) is 0.480. The van der Waals surface area contributed by atoms with Gasteiger partial charge in [0.15, 0.2) is 0 Å². The number of likely N-dealkylation sites (N-methyl/N-ethyl adjacent to an activating group) is 1. The highest BCUT2D eigenvalue weighted by Crippen LogP contribution is 2.12. The van der Waals surface area contributed by atoms with Crippen molar-refractivity contribution < 1.29 is 4.74 Å². The Kier molecular flexibility index (Phi) is 2.88. The number of hydrogen-bond donors (Lipinski definition) is 1. The van der Waals surface area contributed by atoms with Gasteiger partial charge in [0.1, 0.15) is 0 Å². The molecule has 0 aromatic carbocycles. The fourth-order valence-corrected chi connectivity index (χ4v) is 1.23. The molecule has 0 saturated carbocycles. The van der Waals surface area contributed by atoms with Crippen LogP contribution in [0, 0.1) is 5.41 Å². The molecule has 1 atom stereocenters. The standard InChI is InChI=1S/C8H16N2O/c1-7(9)10(2)6-8-4-3-5-11-8/h8-9H,3-6H2,1-2H3. The maximum atomic E-state index is 7.33. The first-order valence-electron chi connectivity index (χ1n) is 4.08. The molecule has 1 unspecified atom stereocenters. The molecule has 1 aliphatic heterocycles. The van der Waals surface area contributed by atoms with Crippen LogP contribution in [0.4, 0.5) is 0 Å². The molecule has 0 amide bonds. The van der Waals surface area contributed by atoms with Gasteiger partial charge in [-0.1, -0.05) is 0 Å². The molecule has 0 bridgehead atoms. The molecule has 0 aromatic rings. The lowest BCUT2D eigenvalue weighted by Gasteiger charge is -2.20. The predicted molar refractivity (Wildman–Crippen MR) is 45.0 cm³/mol. The van der Waals surface area contributed by atoms with Gasteiger partial charge < -0.3 is 9.64 Å². The highest BCUT2D eigenvalue weighted by atomic mass is 16.5. The van der Waals surface area contributed by atoms with Crippen LogP contribution in [-0.4, -0.2) is 37.0 Å². The topological polar surface area (TPSA) is 36.3 Å². The Morgan fingerprint density at radius 2 is 2.45 bits per heavy atom. The lowest BCUT2D eigenvalue weighted by Crippen LogP contribution is -2.31. The van der Waals surface area contributed by atoms with Crippen LogP contribution in [0.25, 0.3) is 0 Å². The van der Waals surface area contributed by atoms with Crippen LogP contribution in [0.2, 0.25) is 0 Å². The SMILES string of the molecule is CC(=N)N(C)CC1CCCO1. The molecule has 1 fully saturated rings. The predicted octanol–water partition coefficient (Wildman–Crippen LogP) is 1.09. The van der Waals surface area contributed by atoms with Gasteiger partial charge in [-0.3, -0.25) is 5.41 Å². The first-order valence-corrected chi connectivity index (χ1v) is 4.08. The van der Waals surface area contributed by atoms with E-state index >= 15 is 0 Å². The minimum absolute atomic E-state index is 0.361. The van der Waals surface area contributed by atoms with E-state index < -0.39 is 0 Å². The van der Waals surface area contributed by atoms with Crippen LogP contribution in [0.1, 0.15) is 19.8 Å². The van der Waals surface area contributed by atoms with E-state index in [0.717, 1.165) is 19.6 Å². The summed E-state index contributed by atoms with van der Waals surface area (Å²) in [7, 11) is 1.93. The summed E-state index contributed by atoms with van der Waals surface area (Å²) in [6.07, 6.45) is 2.69. The average Bonchev–Trinajstić information content (AvgIpc) is 2.39. The van der Waals surface area contributed by atoms with Gasteiger partial charge in [0.2, 0.25) is 0 Å². The Balaban J connectivity index is 2.23. The van der Waals surface area contributed by atoms with Crippen molar-refractivity contribution in [1.82, 2.24) is 4.90 Å². The zero-order chi connectivity index (χ0) is 8.27. The molecule has 0 aliphatic carbocycles. The summed E-state index contributed by atoms with van der Waals surface area (Å²) in [6.45, 7) is 3.57. The summed E-state index contributed by atoms with van der Waals surface area (Å²) in [5.74, 6) is 0.612. The molecular weight excluding hydrogens is 140 g/mol. The largest absolute Gasteiger partial charge is 0.376 e. The van der Waals surface area contributed by atoms with Gasteiger partial charge in [-0.15, -0.1) is 0 Å². The lowest BCUT2D eigenvalue weighted by atomic mass is 10.2. The van der Waals surface area contributed by atoms with E-state index in [9.17, 15) is 0 Å². The second-order valence-corrected chi connectivity index (χ2v) is 3.10. The van der Waals surface area contributed by atoms with Gasteiger partial charge in [0, 0.05) is 20.2 Å². The zero-order valence-electron chi connectivity index (χ0n) is 7.26. The van der Waals surface area contributed by atoms with Gasteiger partial charge in [-0.2, -0.15) is 0 Å². The molecule has 1 heterocycles. The second-order valence-electron chi connectivity index (χ2n) is 3.10. The van der Waals surface area contributed by atoms with E-state index in [2.05, 4.69) is 0 Å². The molecule has 1 N–H and O–H groups in total. The summed E-state index contributed by atoms with van der Waals surface area (Å²) < 4.78 is 5.44. The fraction of sp³-hybridized carbons (Fsp3) is 0.875. The Labute approximate surface area is 67.8 Å². The van der Waals surface area contributed by atoms with Crippen LogP contribution in [-0.2, 0) is 4.74 Å². The van der Waals surface area contributed by atoms with Crippen molar-refractivity contribution in [2.75, 3.05) is 20.2 Å². The molecule has 0 spiro atoms. The number of ether oxygens (including phenoxy) is 1. The average molecular weight is 156 g/mol. The van der Waals surface area contributed by atoms with Crippen molar-refractivity contribution >= 4 is 5.84 Å². The van der Waals surface area contributed by atoms with Gasteiger partial charge in [-0.25, -0.2) is 0 Å². The van der Waals surface area contributed by atoms with Crippen molar-refractivity contribution in [3.8, 4) is 0 Å². The Bertz CT molecular complexity index is 141. The summed E-state index contributed by atoms with van der Waals surface area (Å²) in [5.41, 5.74) is 0. The zero-order valence-corrected chi connectivity index (χ0v) is 7.26. The molecule has 3 nitrogen and oxygen atoms in total. The van der Waals surface area contributed by atoms with E-state index in [1.807, 2.05) is 11.9 Å². The van der Waals surface area contributed by atoms with Crippen LogP contribution in [0.5, 0.6) is 0 Å². The molecule has 1 aliphatic rings. The second kappa shape index (κ2) is 3.72. The molecule has 1 rings (SSSR count). The molecule has 1 saturated heterocycles. The van der Waals surface area contributed by atoms with Crippen molar-refractivity contribution in [3.05, 3.63) is 0 Å². The smallest absolute Gasteiger partial charge is 0.0924 e. The maximum Gasteiger partial charge on any atom is 0.0924 e. The van der Waals surface area contributed by atoms with Crippen LogP contribution >= 0.6 is 0 Å². The van der Waals surface area contributed by atoms with E-state index in [-0.39, 0.29) is 0 Å². The third-order valence-electron chi connectivity index (χ3n) is 2.07. The Morgan fingerprint density at radius 1 is 1.73 bits per heavy atom. The number of rotatable bonds is 2. The van der Waals surface area contributed by atoms with Gasteiger partial charge >= 0.3 is 0 Å². The van der Waals surface area contributed by atoms with Crippen LogP contribution < -0.4 is 0 Å². The number of nitrogens with one attached hydrogen (secondary N) is 1. The van der Waals surface area contributed by atoms with Gasteiger partial charge in [0.05, 0.1) is 11.9 Å². The molecule has 0 aromatic heterocycles. The monoisotopic (exact) mass is 156 g/mol. The van der Waals surface area contributed by atoms with E-state index in [1.165, 1.54) is 6.42 Å². The minimum Gasteiger partial charge on any atom is -0.376 e. The molecule has 11 heavy (non-hydrogen) atoms. The Morgan fingerprint density at radius 3 is 2.91 bits per heavy atom. The first-order chi connectivity index (χ1) is 5.20. The maximum absolute atomic E-state index is 7.33. The summed E-state index contributed by atoms with van der Waals surface area (Å²) in [4.78, 5) is 1.93. The highest BCUT2D eigenvalue weighted by Gasteiger charge is 2.17. The molecule has 64 valence electrons. The van der Waals surface area contributed by atoms with Crippen LogP contribution in [0.15, 0.2) is 0 Å². The Hall–Kier alpha value is -0.570. The third kappa shape index (κ3) is 2.50. The minimum atomic E-state index is 0.361. The van der Waals surface area contributed by atoms with Crippen molar-refractivity contribution in [2.24, 2.45) is 0 Å². The van der Waals surface area contributed by atoms with E-state index in [0.29, 0.717) is 11.9 Å². The highest BCUT2D eigenvalue weighted by molar-refractivity contribution is 5.75. The van der Waals surface area contributed by atoms with Crippen molar-refractivity contribution in [2.45, 2.75) is 25.9 Å². The molecule has 3 heteroatoms. The normalized spacial score (nSPS) is 23.6.